The number of thioether (sulfide) groups is 1. The summed E-state index contributed by atoms with van der Waals surface area (Å²) in [5.41, 5.74) is 1.70. The van der Waals surface area contributed by atoms with Crippen LogP contribution < -0.4 is 10.1 Å². The summed E-state index contributed by atoms with van der Waals surface area (Å²) in [6.45, 7) is 2.32. The molecule has 4 aromatic rings. The van der Waals surface area contributed by atoms with Crippen LogP contribution in [0.3, 0.4) is 0 Å². The van der Waals surface area contributed by atoms with E-state index in [0.29, 0.717) is 23.3 Å². The lowest BCUT2D eigenvalue weighted by Gasteiger charge is -2.10. The van der Waals surface area contributed by atoms with Gasteiger partial charge < -0.3 is 14.5 Å². The number of carbonyl (C=O) groups excluding carboxylic acids is 1. The van der Waals surface area contributed by atoms with Gasteiger partial charge in [-0.05, 0) is 31.2 Å². The zero-order chi connectivity index (χ0) is 21.8. The number of furan rings is 1. The van der Waals surface area contributed by atoms with Gasteiger partial charge in [0.2, 0.25) is 5.91 Å². The van der Waals surface area contributed by atoms with E-state index in [2.05, 4.69) is 20.6 Å². The summed E-state index contributed by atoms with van der Waals surface area (Å²) in [5.74, 6) is 2.84. The number of amides is 1. The number of nitrogens with one attached hydrogen (secondary N) is 1. The van der Waals surface area contributed by atoms with Crippen LogP contribution in [0.15, 0.2) is 58.3 Å². The standard InChI is InChI=1S/C21H22N6O3S/c1-14-10-18(26(2)25-14)22-19(28)13-31-21-24-23-20(15-6-4-7-16(11-15)29-3)27(21)12-17-8-5-9-30-17/h4-11H,12-13H2,1-3H3,(H,22,28). The second-order valence-electron chi connectivity index (χ2n) is 6.84. The molecule has 1 amide bonds. The Balaban J connectivity index is 1.55. The SMILES string of the molecule is COc1cccc(-c2nnc(SCC(=O)Nc3cc(C)nn3C)n2Cc2ccco2)c1. The molecule has 3 heterocycles. The number of hydrogen-bond acceptors (Lipinski definition) is 7. The van der Waals surface area contributed by atoms with Crippen LogP contribution in [0.5, 0.6) is 5.75 Å². The molecule has 0 aliphatic heterocycles. The lowest BCUT2D eigenvalue weighted by atomic mass is 10.2. The van der Waals surface area contributed by atoms with Crippen LogP contribution in [0.1, 0.15) is 11.5 Å². The number of methoxy groups -OCH3 is 1. The van der Waals surface area contributed by atoms with Crippen molar-refractivity contribution in [3.8, 4) is 17.1 Å². The van der Waals surface area contributed by atoms with Crippen LogP contribution in [0.4, 0.5) is 5.82 Å². The third kappa shape index (κ3) is 4.80. The van der Waals surface area contributed by atoms with E-state index in [4.69, 9.17) is 9.15 Å². The normalized spacial score (nSPS) is 10.9. The van der Waals surface area contributed by atoms with Crippen molar-refractivity contribution in [3.05, 3.63) is 60.2 Å². The number of rotatable bonds is 8. The second-order valence-corrected chi connectivity index (χ2v) is 7.78. The number of aryl methyl sites for hydroxylation is 2. The molecular formula is C21H22N6O3S. The van der Waals surface area contributed by atoms with Gasteiger partial charge in [-0.25, -0.2) is 0 Å². The minimum absolute atomic E-state index is 0.150. The molecular weight excluding hydrogens is 416 g/mol. The molecule has 0 spiro atoms. The highest BCUT2D eigenvalue weighted by atomic mass is 32.2. The molecule has 1 N–H and O–H groups in total. The van der Waals surface area contributed by atoms with Crippen molar-refractivity contribution in [1.82, 2.24) is 24.5 Å². The Bertz CT molecular complexity index is 1180. The zero-order valence-corrected chi connectivity index (χ0v) is 18.2. The first-order valence-corrected chi connectivity index (χ1v) is 10.6. The first-order valence-electron chi connectivity index (χ1n) is 9.57. The van der Waals surface area contributed by atoms with Gasteiger partial charge in [0.25, 0.3) is 0 Å². The summed E-state index contributed by atoms with van der Waals surface area (Å²) in [6, 6.07) is 13.2. The Morgan fingerprint density at radius 1 is 1.23 bits per heavy atom. The molecule has 9 nitrogen and oxygen atoms in total. The van der Waals surface area contributed by atoms with Crippen LogP contribution in [0.2, 0.25) is 0 Å². The van der Waals surface area contributed by atoms with Gasteiger partial charge in [0.1, 0.15) is 17.3 Å². The Hall–Kier alpha value is -3.53. The Morgan fingerprint density at radius 3 is 2.81 bits per heavy atom. The molecule has 4 rings (SSSR count). The number of anilines is 1. The van der Waals surface area contributed by atoms with Crippen molar-refractivity contribution in [2.45, 2.75) is 18.6 Å². The van der Waals surface area contributed by atoms with E-state index in [1.807, 2.05) is 54.0 Å². The summed E-state index contributed by atoms with van der Waals surface area (Å²) in [6.07, 6.45) is 1.63. The Kier molecular flexibility index (Phi) is 6.08. The molecule has 31 heavy (non-hydrogen) atoms. The van der Waals surface area contributed by atoms with Crippen LogP contribution in [0.25, 0.3) is 11.4 Å². The largest absolute Gasteiger partial charge is 0.497 e. The van der Waals surface area contributed by atoms with Crippen molar-refractivity contribution in [3.63, 3.8) is 0 Å². The number of carbonyl (C=O) groups is 1. The maximum atomic E-state index is 12.5. The molecule has 1 aromatic carbocycles. The maximum Gasteiger partial charge on any atom is 0.235 e. The molecule has 0 bridgehead atoms. The fraction of sp³-hybridized carbons (Fsp3) is 0.238. The van der Waals surface area contributed by atoms with E-state index in [9.17, 15) is 4.79 Å². The van der Waals surface area contributed by atoms with Gasteiger partial charge in [-0.3, -0.25) is 14.0 Å². The van der Waals surface area contributed by atoms with Crippen molar-refractivity contribution < 1.29 is 13.9 Å². The van der Waals surface area contributed by atoms with Gasteiger partial charge in [-0.15, -0.1) is 10.2 Å². The molecule has 0 aliphatic carbocycles. The first kappa shape index (κ1) is 20.7. The molecule has 10 heteroatoms. The van der Waals surface area contributed by atoms with Crippen LogP contribution >= 0.6 is 11.8 Å². The van der Waals surface area contributed by atoms with E-state index >= 15 is 0 Å². The van der Waals surface area contributed by atoms with E-state index in [1.54, 1.807) is 25.1 Å². The fourth-order valence-corrected chi connectivity index (χ4v) is 3.85. The average molecular weight is 439 g/mol. The number of benzene rings is 1. The summed E-state index contributed by atoms with van der Waals surface area (Å²) in [4.78, 5) is 12.5. The number of ether oxygens (including phenoxy) is 1. The topological polar surface area (TPSA) is 100 Å². The highest BCUT2D eigenvalue weighted by Gasteiger charge is 2.18. The van der Waals surface area contributed by atoms with E-state index in [1.165, 1.54) is 11.8 Å². The molecule has 3 aromatic heterocycles. The highest BCUT2D eigenvalue weighted by molar-refractivity contribution is 7.99. The third-order valence-corrected chi connectivity index (χ3v) is 5.51. The molecule has 0 fully saturated rings. The van der Waals surface area contributed by atoms with Crippen molar-refractivity contribution in [2.75, 3.05) is 18.2 Å². The number of nitrogens with zero attached hydrogens (tertiary/aromatic N) is 5. The number of aromatic nitrogens is 5. The lowest BCUT2D eigenvalue weighted by molar-refractivity contribution is -0.113. The predicted molar refractivity (Wildman–Crippen MR) is 117 cm³/mol. The van der Waals surface area contributed by atoms with Gasteiger partial charge in [0, 0.05) is 18.7 Å². The molecule has 0 radical (unpaired) electrons. The molecule has 0 atom stereocenters. The molecule has 160 valence electrons. The van der Waals surface area contributed by atoms with Crippen LogP contribution in [-0.4, -0.2) is 43.3 Å². The molecule has 0 saturated heterocycles. The van der Waals surface area contributed by atoms with E-state index < -0.39 is 0 Å². The highest BCUT2D eigenvalue weighted by Crippen LogP contribution is 2.27. The molecule has 0 unspecified atom stereocenters. The summed E-state index contributed by atoms with van der Waals surface area (Å²) in [5, 5.41) is 16.4. The lowest BCUT2D eigenvalue weighted by Crippen LogP contribution is -2.17. The smallest absolute Gasteiger partial charge is 0.235 e. The van der Waals surface area contributed by atoms with Gasteiger partial charge in [-0.1, -0.05) is 23.9 Å². The Labute approximate surface area is 183 Å². The molecule has 0 saturated carbocycles. The average Bonchev–Trinajstić information content (AvgIpc) is 3.48. The van der Waals surface area contributed by atoms with E-state index in [-0.39, 0.29) is 11.7 Å². The minimum atomic E-state index is -0.150. The first-order chi connectivity index (χ1) is 15.0. The maximum absolute atomic E-state index is 12.5. The fourth-order valence-electron chi connectivity index (χ4n) is 3.11. The van der Waals surface area contributed by atoms with Crippen molar-refractivity contribution >= 4 is 23.5 Å². The van der Waals surface area contributed by atoms with Gasteiger partial charge in [-0.2, -0.15) is 5.10 Å². The van der Waals surface area contributed by atoms with Crippen LogP contribution in [-0.2, 0) is 18.4 Å². The summed E-state index contributed by atoms with van der Waals surface area (Å²) in [7, 11) is 3.41. The van der Waals surface area contributed by atoms with Crippen LogP contribution in [0, 0.1) is 6.92 Å². The summed E-state index contributed by atoms with van der Waals surface area (Å²) < 4.78 is 14.4. The molecule has 0 aliphatic rings. The van der Waals surface area contributed by atoms with Gasteiger partial charge in [0.15, 0.2) is 11.0 Å². The third-order valence-electron chi connectivity index (χ3n) is 4.54. The van der Waals surface area contributed by atoms with Crippen molar-refractivity contribution in [2.24, 2.45) is 7.05 Å². The zero-order valence-electron chi connectivity index (χ0n) is 17.4. The minimum Gasteiger partial charge on any atom is -0.497 e. The second kappa shape index (κ2) is 9.09. The Morgan fingerprint density at radius 2 is 2.10 bits per heavy atom. The summed E-state index contributed by atoms with van der Waals surface area (Å²) >= 11 is 1.31. The van der Waals surface area contributed by atoms with E-state index in [0.717, 1.165) is 22.8 Å². The quantitative estimate of drug-likeness (QED) is 0.421. The van der Waals surface area contributed by atoms with Gasteiger partial charge in [0.05, 0.1) is 31.4 Å². The predicted octanol–water partition coefficient (Wildman–Crippen LogP) is 3.37. The van der Waals surface area contributed by atoms with Gasteiger partial charge >= 0.3 is 0 Å². The van der Waals surface area contributed by atoms with Crippen molar-refractivity contribution in [1.29, 1.82) is 0 Å². The monoisotopic (exact) mass is 438 g/mol. The number of hydrogen-bond donors (Lipinski definition) is 1.